The van der Waals surface area contributed by atoms with Crippen LogP contribution in [0.2, 0.25) is 0 Å². The maximum atomic E-state index is 10.8. The van der Waals surface area contributed by atoms with Gasteiger partial charge in [0.1, 0.15) is 0 Å². The molecule has 0 aliphatic rings. The largest absolute Gasteiger partial charge is 0.478 e. The third kappa shape index (κ3) is 7.09. The molecule has 0 rings (SSSR count). The Labute approximate surface area is 104 Å². The van der Waals surface area contributed by atoms with Crippen molar-refractivity contribution in [3.05, 3.63) is 11.1 Å². The van der Waals surface area contributed by atoms with Crippen LogP contribution in [-0.4, -0.2) is 36.5 Å². The second-order valence-corrected chi connectivity index (χ2v) is 3.37. The van der Waals surface area contributed by atoms with E-state index < -0.39 is 18.2 Å². The average Bonchev–Trinajstić information content (AvgIpc) is 2.25. The summed E-state index contributed by atoms with van der Waals surface area (Å²) in [5, 5.41) is 8.85. The molecule has 0 heterocycles. The van der Waals surface area contributed by atoms with E-state index in [4.69, 9.17) is 16.6 Å². The van der Waals surface area contributed by atoms with Gasteiger partial charge in [-0.3, -0.25) is 0 Å². The standard InChI is InChI=1S/C10H16N2O6/c1-6(8(13)14)7(2-4-17-9(11)15)3-5-18-10(12)16/h2-5H2,1H3,(H2,11,15)(H2,12,16)(H,13,14). The van der Waals surface area contributed by atoms with Gasteiger partial charge in [0.25, 0.3) is 0 Å². The van der Waals surface area contributed by atoms with Crippen molar-refractivity contribution in [2.24, 2.45) is 11.5 Å². The van der Waals surface area contributed by atoms with Crippen molar-refractivity contribution in [1.29, 1.82) is 0 Å². The minimum absolute atomic E-state index is 0.0359. The lowest BCUT2D eigenvalue weighted by Gasteiger charge is -2.10. The van der Waals surface area contributed by atoms with E-state index in [0.29, 0.717) is 5.57 Å². The monoisotopic (exact) mass is 260 g/mol. The Morgan fingerprint density at radius 1 is 1.00 bits per heavy atom. The minimum Gasteiger partial charge on any atom is -0.478 e. The Morgan fingerprint density at radius 3 is 1.67 bits per heavy atom. The highest BCUT2D eigenvalue weighted by atomic mass is 16.5. The van der Waals surface area contributed by atoms with Gasteiger partial charge in [0, 0.05) is 18.4 Å². The summed E-state index contributed by atoms with van der Waals surface area (Å²) in [6.45, 7) is 1.34. The van der Waals surface area contributed by atoms with Crippen molar-refractivity contribution < 1.29 is 29.0 Å². The van der Waals surface area contributed by atoms with E-state index >= 15 is 0 Å². The fraction of sp³-hybridized carbons (Fsp3) is 0.500. The zero-order chi connectivity index (χ0) is 14.1. The van der Waals surface area contributed by atoms with Crippen molar-refractivity contribution >= 4 is 18.2 Å². The Bertz CT molecular complexity index is 341. The zero-order valence-electron chi connectivity index (χ0n) is 9.97. The van der Waals surface area contributed by atoms with Gasteiger partial charge in [0.05, 0.1) is 13.2 Å². The van der Waals surface area contributed by atoms with Crippen LogP contribution in [0.1, 0.15) is 19.8 Å². The number of rotatable bonds is 7. The van der Waals surface area contributed by atoms with Crippen LogP contribution in [-0.2, 0) is 14.3 Å². The number of hydrogen-bond acceptors (Lipinski definition) is 5. The molecule has 0 saturated heterocycles. The van der Waals surface area contributed by atoms with E-state index in [-0.39, 0.29) is 31.6 Å². The molecule has 0 unspecified atom stereocenters. The van der Waals surface area contributed by atoms with E-state index in [2.05, 4.69) is 9.47 Å². The smallest absolute Gasteiger partial charge is 0.404 e. The molecule has 0 spiro atoms. The molecule has 0 aromatic rings. The summed E-state index contributed by atoms with van der Waals surface area (Å²) in [6.07, 6.45) is -1.47. The molecule has 2 amide bonds. The summed E-state index contributed by atoms with van der Waals surface area (Å²) in [5.41, 5.74) is 10.1. The summed E-state index contributed by atoms with van der Waals surface area (Å²) < 4.78 is 9.02. The van der Waals surface area contributed by atoms with Gasteiger partial charge in [0.2, 0.25) is 0 Å². The van der Waals surface area contributed by atoms with E-state index in [0.717, 1.165) is 0 Å². The highest BCUT2D eigenvalue weighted by Gasteiger charge is 2.11. The van der Waals surface area contributed by atoms with Crippen LogP contribution in [0.5, 0.6) is 0 Å². The molecular formula is C10H16N2O6. The molecule has 8 nitrogen and oxygen atoms in total. The first kappa shape index (κ1) is 15.8. The molecule has 0 atom stereocenters. The van der Waals surface area contributed by atoms with Crippen molar-refractivity contribution in [1.82, 2.24) is 0 Å². The molecule has 0 radical (unpaired) electrons. The van der Waals surface area contributed by atoms with Crippen LogP contribution in [0, 0.1) is 0 Å². The molecule has 0 aliphatic heterocycles. The van der Waals surface area contributed by atoms with Gasteiger partial charge in [-0.05, 0) is 6.92 Å². The number of carboxylic acid groups (broad SMARTS) is 1. The molecule has 18 heavy (non-hydrogen) atoms. The SMILES string of the molecule is CC(C(=O)O)=C(CCOC(N)=O)CCOC(N)=O. The van der Waals surface area contributed by atoms with Gasteiger partial charge in [-0.15, -0.1) is 0 Å². The fourth-order valence-electron chi connectivity index (χ4n) is 1.20. The Kier molecular flexibility index (Phi) is 6.94. The first-order valence-corrected chi connectivity index (χ1v) is 5.11. The predicted octanol–water partition coefficient (Wildman–Crippen LogP) is 0.358. The zero-order valence-corrected chi connectivity index (χ0v) is 9.97. The number of carboxylic acids is 1. The third-order valence-corrected chi connectivity index (χ3v) is 2.15. The number of carbonyl (C=O) groups is 3. The number of aliphatic carboxylic acids is 1. The van der Waals surface area contributed by atoms with Crippen molar-refractivity contribution in [3.63, 3.8) is 0 Å². The first-order chi connectivity index (χ1) is 8.34. The number of nitrogens with two attached hydrogens (primary N) is 2. The van der Waals surface area contributed by atoms with Crippen LogP contribution in [0.25, 0.3) is 0 Å². The summed E-state index contributed by atoms with van der Waals surface area (Å²) in [6, 6.07) is 0. The van der Waals surface area contributed by atoms with Gasteiger partial charge in [-0.1, -0.05) is 5.57 Å². The lowest BCUT2D eigenvalue weighted by atomic mass is 10.0. The normalized spacial score (nSPS) is 9.39. The van der Waals surface area contributed by atoms with Crippen LogP contribution in [0.3, 0.4) is 0 Å². The van der Waals surface area contributed by atoms with Gasteiger partial charge >= 0.3 is 18.2 Å². The maximum absolute atomic E-state index is 10.8. The Morgan fingerprint density at radius 2 is 1.39 bits per heavy atom. The molecule has 0 aromatic carbocycles. The van der Waals surface area contributed by atoms with Gasteiger partial charge in [0.15, 0.2) is 0 Å². The molecule has 102 valence electrons. The summed E-state index contributed by atoms with van der Waals surface area (Å²) >= 11 is 0. The second-order valence-electron chi connectivity index (χ2n) is 3.37. The van der Waals surface area contributed by atoms with Gasteiger partial charge in [-0.2, -0.15) is 0 Å². The van der Waals surface area contributed by atoms with Crippen molar-refractivity contribution in [2.45, 2.75) is 19.8 Å². The second kappa shape index (κ2) is 7.93. The average molecular weight is 260 g/mol. The molecule has 0 fully saturated rings. The molecule has 0 bridgehead atoms. The number of hydrogen-bond donors (Lipinski definition) is 3. The van der Waals surface area contributed by atoms with Crippen molar-refractivity contribution in [3.8, 4) is 0 Å². The fourth-order valence-corrected chi connectivity index (χ4v) is 1.20. The van der Waals surface area contributed by atoms with Crippen LogP contribution < -0.4 is 11.5 Å². The highest BCUT2D eigenvalue weighted by Crippen LogP contribution is 2.14. The Hall–Kier alpha value is -2.25. The predicted molar refractivity (Wildman–Crippen MR) is 60.6 cm³/mol. The molecule has 8 heteroatoms. The highest BCUT2D eigenvalue weighted by molar-refractivity contribution is 5.86. The van der Waals surface area contributed by atoms with Crippen molar-refractivity contribution in [2.75, 3.05) is 13.2 Å². The summed E-state index contributed by atoms with van der Waals surface area (Å²) in [7, 11) is 0. The number of carbonyl (C=O) groups excluding carboxylic acids is 2. The summed E-state index contributed by atoms with van der Waals surface area (Å²) in [4.78, 5) is 31.6. The number of primary amides is 2. The lowest BCUT2D eigenvalue weighted by Crippen LogP contribution is -2.16. The van der Waals surface area contributed by atoms with E-state index in [1.54, 1.807) is 0 Å². The number of ether oxygens (including phenoxy) is 2. The van der Waals surface area contributed by atoms with E-state index in [9.17, 15) is 14.4 Å². The molecule has 0 aromatic heterocycles. The van der Waals surface area contributed by atoms with Gasteiger partial charge < -0.3 is 26.0 Å². The minimum atomic E-state index is -1.09. The van der Waals surface area contributed by atoms with Crippen LogP contribution >= 0.6 is 0 Å². The number of amides is 2. The molecule has 5 N–H and O–H groups in total. The molecular weight excluding hydrogens is 244 g/mol. The van der Waals surface area contributed by atoms with Crippen LogP contribution in [0.4, 0.5) is 9.59 Å². The first-order valence-electron chi connectivity index (χ1n) is 5.11. The van der Waals surface area contributed by atoms with Crippen LogP contribution in [0.15, 0.2) is 11.1 Å². The molecule has 0 aliphatic carbocycles. The topological polar surface area (TPSA) is 142 Å². The third-order valence-electron chi connectivity index (χ3n) is 2.15. The van der Waals surface area contributed by atoms with E-state index in [1.807, 2.05) is 0 Å². The summed E-state index contributed by atoms with van der Waals surface area (Å²) in [5.74, 6) is -1.09. The molecule has 0 saturated carbocycles. The van der Waals surface area contributed by atoms with Gasteiger partial charge in [-0.25, -0.2) is 14.4 Å². The Balaban J connectivity index is 4.44. The quantitative estimate of drug-likeness (QED) is 0.564. The van der Waals surface area contributed by atoms with E-state index in [1.165, 1.54) is 6.92 Å². The maximum Gasteiger partial charge on any atom is 0.404 e. The lowest BCUT2D eigenvalue weighted by molar-refractivity contribution is -0.132.